The summed E-state index contributed by atoms with van der Waals surface area (Å²) in [5.41, 5.74) is 1.10. The Balaban J connectivity index is 2.45. The van der Waals surface area contributed by atoms with E-state index in [1.807, 2.05) is 20.0 Å². The first-order chi connectivity index (χ1) is 7.65. The molecule has 0 spiro atoms. The first-order valence-electron chi connectivity index (χ1n) is 4.78. The van der Waals surface area contributed by atoms with Crippen LogP contribution in [0.1, 0.15) is 22.2 Å². The Bertz CT molecular complexity index is 494. The van der Waals surface area contributed by atoms with Gasteiger partial charge in [0.15, 0.2) is 0 Å². The fraction of sp³-hybridized carbons (Fsp3) is 0.273. The van der Waals surface area contributed by atoms with E-state index in [-0.39, 0.29) is 6.04 Å². The Morgan fingerprint density at radius 3 is 2.75 bits per heavy atom. The van der Waals surface area contributed by atoms with Crippen LogP contribution in [0.15, 0.2) is 26.6 Å². The minimum atomic E-state index is -0.00410. The number of furan rings is 1. The van der Waals surface area contributed by atoms with Crippen molar-refractivity contribution in [1.29, 1.82) is 0 Å². The van der Waals surface area contributed by atoms with E-state index in [0.717, 1.165) is 25.7 Å². The van der Waals surface area contributed by atoms with Crippen LogP contribution in [0.3, 0.4) is 0 Å². The van der Waals surface area contributed by atoms with Crippen molar-refractivity contribution in [3.05, 3.63) is 43.4 Å². The molecule has 16 heavy (non-hydrogen) atoms. The van der Waals surface area contributed by atoms with Gasteiger partial charge in [-0.3, -0.25) is 0 Å². The zero-order valence-electron chi connectivity index (χ0n) is 8.88. The highest BCUT2D eigenvalue weighted by Gasteiger charge is 2.22. The van der Waals surface area contributed by atoms with Crippen LogP contribution in [-0.4, -0.2) is 7.05 Å². The number of aryl methyl sites for hydroxylation is 1. The molecule has 1 atom stereocenters. The molecule has 0 bridgehead atoms. The average molecular weight is 321 g/mol. The molecule has 1 unspecified atom stereocenters. The largest absolute Gasteiger partial charge is 0.466 e. The van der Waals surface area contributed by atoms with E-state index in [4.69, 9.17) is 16.0 Å². The molecule has 1 N–H and O–H groups in total. The van der Waals surface area contributed by atoms with Gasteiger partial charge in [0.2, 0.25) is 0 Å². The van der Waals surface area contributed by atoms with Gasteiger partial charge >= 0.3 is 0 Å². The maximum Gasteiger partial charge on any atom is 0.140 e. The van der Waals surface area contributed by atoms with Crippen LogP contribution >= 0.6 is 38.9 Å². The van der Waals surface area contributed by atoms with Crippen molar-refractivity contribution in [2.75, 3.05) is 7.05 Å². The van der Waals surface area contributed by atoms with Crippen LogP contribution in [0.5, 0.6) is 0 Å². The van der Waals surface area contributed by atoms with E-state index in [2.05, 4.69) is 26.6 Å². The van der Waals surface area contributed by atoms with Crippen molar-refractivity contribution < 1.29 is 4.42 Å². The topological polar surface area (TPSA) is 25.2 Å². The summed E-state index contributed by atoms with van der Waals surface area (Å²) < 4.78 is 6.43. The molecule has 5 heteroatoms. The third kappa shape index (κ3) is 2.07. The Kier molecular flexibility index (Phi) is 3.74. The fourth-order valence-corrected chi connectivity index (χ4v) is 3.38. The van der Waals surface area contributed by atoms with Gasteiger partial charge in [-0.1, -0.05) is 11.6 Å². The zero-order chi connectivity index (χ0) is 11.7. The van der Waals surface area contributed by atoms with Crippen molar-refractivity contribution >= 4 is 38.9 Å². The predicted octanol–water partition coefficient (Wildman–Crippen LogP) is 4.37. The summed E-state index contributed by atoms with van der Waals surface area (Å²) in [5.74, 6) is 0.853. The molecular formula is C11H11BrClNOS. The second kappa shape index (κ2) is 4.92. The molecule has 86 valence electrons. The average Bonchev–Trinajstić information content (AvgIpc) is 2.81. The number of hydrogen-bond donors (Lipinski definition) is 1. The quantitative estimate of drug-likeness (QED) is 0.908. The normalized spacial score (nSPS) is 13.0. The molecule has 0 amide bonds. The molecule has 0 aliphatic rings. The van der Waals surface area contributed by atoms with Gasteiger partial charge in [0.1, 0.15) is 11.8 Å². The van der Waals surface area contributed by atoms with Gasteiger partial charge in [-0.2, -0.15) is 0 Å². The number of nitrogens with one attached hydrogen (secondary N) is 1. The van der Waals surface area contributed by atoms with E-state index < -0.39 is 0 Å². The highest BCUT2D eigenvalue weighted by atomic mass is 79.9. The minimum absolute atomic E-state index is 0.00410. The summed E-state index contributed by atoms with van der Waals surface area (Å²) in [7, 11) is 1.89. The Hall–Kier alpha value is -0.290. The van der Waals surface area contributed by atoms with Crippen molar-refractivity contribution in [2.24, 2.45) is 0 Å². The molecule has 2 nitrogen and oxygen atoms in total. The molecule has 0 saturated heterocycles. The molecule has 0 aliphatic heterocycles. The molecule has 2 aromatic rings. The first-order valence-corrected chi connectivity index (χ1v) is 6.83. The molecule has 0 fully saturated rings. The lowest BCUT2D eigenvalue weighted by Gasteiger charge is -2.13. The van der Waals surface area contributed by atoms with E-state index in [1.165, 1.54) is 0 Å². The van der Waals surface area contributed by atoms with Crippen LogP contribution < -0.4 is 5.32 Å². The van der Waals surface area contributed by atoms with Gasteiger partial charge in [0, 0.05) is 4.88 Å². The van der Waals surface area contributed by atoms with Crippen LogP contribution in [0.4, 0.5) is 0 Å². The Morgan fingerprint density at radius 1 is 1.56 bits per heavy atom. The lowest BCUT2D eigenvalue weighted by atomic mass is 10.1. The van der Waals surface area contributed by atoms with E-state index in [0.29, 0.717) is 0 Å². The van der Waals surface area contributed by atoms with E-state index in [1.54, 1.807) is 17.6 Å². The summed E-state index contributed by atoms with van der Waals surface area (Å²) in [6.07, 6.45) is 1.66. The van der Waals surface area contributed by atoms with Crippen LogP contribution in [-0.2, 0) is 0 Å². The number of thiophene rings is 1. The lowest BCUT2D eigenvalue weighted by Crippen LogP contribution is -2.16. The van der Waals surface area contributed by atoms with E-state index in [9.17, 15) is 0 Å². The Morgan fingerprint density at radius 2 is 2.31 bits per heavy atom. The SMILES string of the molecule is CNC(c1occc1Br)c1scc(C)c1Cl. The minimum Gasteiger partial charge on any atom is -0.466 e. The van der Waals surface area contributed by atoms with Gasteiger partial charge in [-0.15, -0.1) is 11.3 Å². The molecule has 0 radical (unpaired) electrons. The molecule has 0 aliphatic carbocycles. The van der Waals surface area contributed by atoms with Crippen LogP contribution in [0.2, 0.25) is 5.02 Å². The third-order valence-electron chi connectivity index (χ3n) is 2.38. The fourth-order valence-electron chi connectivity index (χ4n) is 1.54. The van der Waals surface area contributed by atoms with Crippen LogP contribution in [0, 0.1) is 6.92 Å². The number of hydrogen-bond acceptors (Lipinski definition) is 3. The summed E-state index contributed by atoms with van der Waals surface area (Å²) in [4.78, 5) is 1.08. The van der Waals surface area contributed by atoms with E-state index >= 15 is 0 Å². The number of halogens is 2. The van der Waals surface area contributed by atoms with Gasteiger partial charge < -0.3 is 9.73 Å². The van der Waals surface area contributed by atoms with Gasteiger partial charge in [0.25, 0.3) is 0 Å². The van der Waals surface area contributed by atoms with Crippen molar-refractivity contribution in [3.8, 4) is 0 Å². The maximum absolute atomic E-state index is 6.26. The second-order valence-corrected chi connectivity index (χ2v) is 5.59. The summed E-state index contributed by atoms with van der Waals surface area (Å²) in [6.45, 7) is 2.01. The van der Waals surface area contributed by atoms with Gasteiger partial charge in [-0.05, 0) is 46.9 Å². The highest BCUT2D eigenvalue weighted by molar-refractivity contribution is 9.10. The standard InChI is InChI=1S/C11H11BrClNOS/c1-6-5-16-11(8(6)13)9(14-2)10-7(12)3-4-15-10/h3-5,9,14H,1-2H3. The van der Waals surface area contributed by atoms with Crippen molar-refractivity contribution in [2.45, 2.75) is 13.0 Å². The smallest absolute Gasteiger partial charge is 0.140 e. The first kappa shape index (κ1) is 12.2. The predicted molar refractivity (Wildman–Crippen MR) is 71.4 cm³/mol. The maximum atomic E-state index is 6.26. The van der Waals surface area contributed by atoms with Gasteiger partial charge in [-0.25, -0.2) is 0 Å². The zero-order valence-corrected chi connectivity index (χ0v) is 12.0. The van der Waals surface area contributed by atoms with Crippen LogP contribution in [0.25, 0.3) is 0 Å². The summed E-state index contributed by atoms with van der Waals surface area (Å²) >= 11 is 11.4. The molecular weight excluding hydrogens is 310 g/mol. The van der Waals surface area contributed by atoms with Gasteiger partial charge in [0.05, 0.1) is 15.8 Å². The lowest BCUT2D eigenvalue weighted by molar-refractivity contribution is 0.464. The number of rotatable bonds is 3. The molecule has 2 aromatic heterocycles. The highest BCUT2D eigenvalue weighted by Crippen LogP contribution is 2.38. The second-order valence-electron chi connectivity index (χ2n) is 3.45. The molecule has 2 heterocycles. The third-order valence-corrected chi connectivity index (χ3v) is 4.82. The Labute approximate surface area is 112 Å². The van der Waals surface area contributed by atoms with Crippen molar-refractivity contribution in [1.82, 2.24) is 5.32 Å². The molecule has 0 saturated carbocycles. The molecule has 0 aromatic carbocycles. The summed E-state index contributed by atoms with van der Waals surface area (Å²) in [5, 5.41) is 6.09. The van der Waals surface area contributed by atoms with Crippen molar-refractivity contribution in [3.63, 3.8) is 0 Å². The monoisotopic (exact) mass is 319 g/mol. The molecule has 2 rings (SSSR count). The summed E-state index contributed by atoms with van der Waals surface area (Å²) in [6, 6.07) is 1.88.